The normalized spacial score (nSPS) is 24.2. The zero-order valence-electron chi connectivity index (χ0n) is 20.7. The van der Waals surface area contributed by atoms with Crippen molar-refractivity contribution in [1.29, 1.82) is 0 Å². The third kappa shape index (κ3) is 4.12. The highest BCUT2D eigenvalue weighted by Gasteiger charge is 2.46. The summed E-state index contributed by atoms with van der Waals surface area (Å²) >= 11 is 0. The van der Waals surface area contributed by atoms with Crippen LogP contribution in [0.2, 0.25) is 0 Å². The number of ether oxygens (including phenoxy) is 1. The van der Waals surface area contributed by atoms with Gasteiger partial charge in [0.1, 0.15) is 17.8 Å². The molecule has 1 aromatic carbocycles. The van der Waals surface area contributed by atoms with E-state index in [0.29, 0.717) is 24.8 Å². The Kier molecular flexibility index (Phi) is 5.22. The van der Waals surface area contributed by atoms with Crippen LogP contribution in [0.15, 0.2) is 42.7 Å². The molecule has 0 spiro atoms. The molecule has 8 heteroatoms. The van der Waals surface area contributed by atoms with Gasteiger partial charge in [0.15, 0.2) is 0 Å². The van der Waals surface area contributed by atoms with Crippen molar-refractivity contribution in [3.05, 3.63) is 71.1 Å². The lowest BCUT2D eigenvalue weighted by Gasteiger charge is -2.41. The molecule has 4 aliphatic rings. The van der Waals surface area contributed by atoms with Crippen molar-refractivity contribution >= 4 is 11.6 Å². The third-order valence-electron chi connectivity index (χ3n) is 8.45. The maximum atomic E-state index is 13.4. The first kappa shape index (κ1) is 22.1. The van der Waals surface area contributed by atoms with E-state index in [1.54, 1.807) is 6.33 Å². The molecule has 36 heavy (non-hydrogen) atoms. The van der Waals surface area contributed by atoms with Gasteiger partial charge in [0, 0.05) is 48.8 Å². The van der Waals surface area contributed by atoms with Gasteiger partial charge in [0.05, 0.1) is 13.2 Å². The fourth-order valence-electron chi connectivity index (χ4n) is 5.94. The molecular weight excluding hydrogens is 452 g/mol. The Balaban J connectivity index is 1.11. The molecule has 8 nitrogen and oxygen atoms in total. The number of rotatable bonds is 8. The summed E-state index contributed by atoms with van der Waals surface area (Å²) in [5.74, 6) is 2.19. The summed E-state index contributed by atoms with van der Waals surface area (Å²) in [6.07, 6.45) is 7.47. The van der Waals surface area contributed by atoms with E-state index in [1.165, 1.54) is 37.8 Å². The Morgan fingerprint density at radius 1 is 1.19 bits per heavy atom. The molecule has 3 aromatic rings. The number of nitrogens with one attached hydrogen (secondary N) is 1. The van der Waals surface area contributed by atoms with Gasteiger partial charge in [-0.25, -0.2) is 4.98 Å². The van der Waals surface area contributed by atoms with Gasteiger partial charge in [-0.05, 0) is 73.5 Å². The number of carbonyl (C=O) groups excluding carboxylic acids is 1. The Morgan fingerprint density at radius 2 is 2.08 bits per heavy atom. The minimum atomic E-state index is -0.158. The predicted octanol–water partition coefficient (Wildman–Crippen LogP) is 3.44. The van der Waals surface area contributed by atoms with Gasteiger partial charge >= 0.3 is 0 Å². The topological polar surface area (TPSA) is 85.2 Å². The number of anilines is 1. The van der Waals surface area contributed by atoms with Crippen molar-refractivity contribution in [3.8, 4) is 0 Å². The minimum absolute atomic E-state index is 0.145. The first-order valence-electron chi connectivity index (χ1n) is 13.1. The summed E-state index contributed by atoms with van der Waals surface area (Å²) < 4.78 is 7.58. The lowest BCUT2D eigenvalue weighted by Crippen LogP contribution is -2.49. The number of fused-ring (bicyclic) bond motifs is 1. The van der Waals surface area contributed by atoms with Gasteiger partial charge < -0.3 is 14.6 Å². The fourth-order valence-corrected chi connectivity index (χ4v) is 5.94. The number of likely N-dealkylation sites (tertiary alicyclic amines) is 1. The molecule has 2 saturated carbocycles. The highest BCUT2D eigenvalue weighted by Crippen LogP contribution is 2.45. The van der Waals surface area contributed by atoms with E-state index < -0.39 is 0 Å². The molecule has 7 rings (SSSR count). The molecule has 1 amide bonds. The molecule has 2 saturated heterocycles. The molecule has 4 heterocycles. The van der Waals surface area contributed by atoms with Crippen LogP contribution in [0.4, 0.5) is 5.69 Å². The molecule has 0 radical (unpaired) electrons. The van der Waals surface area contributed by atoms with Crippen LogP contribution in [0.1, 0.15) is 64.7 Å². The first-order valence-corrected chi connectivity index (χ1v) is 13.1. The van der Waals surface area contributed by atoms with Gasteiger partial charge in [-0.15, -0.1) is 10.2 Å². The van der Waals surface area contributed by atoms with Crippen LogP contribution in [-0.2, 0) is 30.2 Å². The van der Waals surface area contributed by atoms with Gasteiger partial charge in [0.25, 0.3) is 5.91 Å². The number of hydrogen-bond donors (Lipinski definition) is 1. The quantitative estimate of drug-likeness (QED) is 0.527. The second-order valence-corrected chi connectivity index (χ2v) is 11.2. The molecule has 1 N–H and O–H groups in total. The van der Waals surface area contributed by atoms with Crippen LogP contribution >= 0.6 is 0 Å². The van der Waals surface area contributed by atoms with Crippen LogP contribution in [0.25, 0.3) is 0 Å². The second kappa shape index (κ2) is 8.49. The molecule has 2 aliphatic carbocycles. The Bertz CT molecular complexity index is 1310. The lowest BCUT2D eigenvalue weighted by molar-refractivity contribution is -0.0610. The molecule has 2 aliphatic heterocycles. The Hall–Kier alpha value is -3.10. The molecule has 4 fully saturated rings. The number of piperidine rings is 1. The fraction of sp³-hybridized carbons (Fsp3) is 0.500. The zero-order chi connectivity index (χ0) is 24.3. The van der Waals surface area contributed by atoms with E-state index in [-0.39, 0.29) is 11.3 Å². The van der Waals surface area contributed by atoms with Gasteiger partial charge in [-0.3, -0.25) is 9.69 Å². The summed E-state index contributed by atoms with van der Waals surface area (Å²) in [6.45, 7) is 3.35. The molecule has 0 bridgehead atoms. The second-order valence-electron chi connectivity index (χ2n) is 11.2. The van der Waals surface area contributed by atoms with Crippen molar-refractivity contribution < 1.29 is 9.53 Å². The number of amides is 1. The van der Waals surface area contributed by atoms with E-state index in [4.69, 9.17) is 9.72 Å². The summed E-state index contributed by atoms with van der Waals surface area (Å²) in [5, 5.41) is 11.4. The van der Waals surface area contributed by atoms with Gasteiger partial charge in [-0.2, -0.15) is 0 Å². The number of benzene rings is 1. The number of nitrogens with zero attached hydrogens (tertiary/aromatic N) is 5. The van der Waals surface area contributed by atoms with E-state index in [9.17, 15) is 4.79 Å². The van der Waals surface area contributed by atoms with Gasteiger partial charge in [0.2, 0.25) is 0 Å². The number of hydrogen-bond acceptors (Lipinski definition) is 6. The van der Waals surface area contributed by atoms with Crippen molar-refractivity contribution in [2.45, 2.75) is 56.0 Å². The first-order chi connectivity index (χ1) is 17.6. The van der Waals surface area contributed by atoms with Crippen LogP contribution in [0.5, 0.6) is 0 Å². The molecule has 2 atom stereocenters. The highest BCUT2D eigenvalue weighted by molar-refractivity contribution is 6.03. The zero-order valence-corrected chi connectivity index (χ0v) is 20.7. The maximum absolute atomic E-state index is 13.4. The number of carbonyl (C=O) groups is 1. The largest absolute Gasteiger partial charge is 0.379 e. The minimum Gasteiger partial charge on any atom is -0.379 e. The maximum Gasteiger partial charge on any atom is 0.274 e. The number of pyridine rings is 1. The van der Waals surface area contributed by atoms with Crippen molar-refractivity contribution in [1.82, 2.24) is 24.6 Å². The van der Waals surface area contributed by atoms with Crippen LogP contribution in [-0.4, -0.2) is 56.4 Å². The van der Waals surface area contributed by atoms with Crippen molar-refractivity contribution in [2.75, 3.05) is 25.1 Å². The monoisotopic (exact) mass is 484 g/mol. The lowest BCUT2D eigenvalue weighted by atomic mass is 9.75. The molecular formula is C28H32N6O2. The average Bonchev–Trinajstić information content (AvgIpc) is 3.77. The molecule has 2 aromatic heterocycles. The van der Waals surface area contributed by atoms with Crippen molar-refractivity contribution in [2.24, 2.45) is 13.0 Å². The third-order valence-corrected chi connectivity index (χ3v) is 8.45. The number of aromatic nitrogens is 4. The highest BCUT2D eigenvalue weighted by atomic mass is 16.5. The van der Waals surface area contributed by atoms with Gasteiger partial charge in [-0.1, -0.05) is 12.1 Å². The Morgan fingerprint density at radius 3 is 2.75 bits per heavy atom. The van der Waals surface area contributed by atoms with Crippen LogP contribution in [0.3, 0.4) is 0 Å². The van der Waals surface area contributed by atoms with E-state index in [1.807, 2.05) is 29.8 Å². The standard InChI is InChI=1S/C28H32N6O2/c1-33-17-29-32-26(33)13-28(15-36-16-28)21-3-2-4-22(12-21)30-27(35)24-10-18(9-23(31-24)19-5-6-19)14-34-8-7-20-11-25(20)34/h2-4,9-10,12,17,19-20,25H,5-8,11,13-16H2,1H3,(H,30,35). The number of aryl methyl sites for hydroxylation is 1. The van der Waals surface area contributed by atoms with E-state index in [0.717, 1.165) is 47.7 Å². The predicted molar refractivity (Wildman–Crippen MR) is 135 cm³/mol. The van der Waals surface area contributed by atoms with Crippen LogP contribution < -0.4 is 5.32 Å². The molecule has 2 unspecified atom stereocenters. The SMILES string of the molecule is Cn1cnnc1CC1(c2cccc(NC(=O)c3cc(CN4CCC5CC54)cc(C4CC4)n3)c2)COC1. The summed E-state index contributed by atoms with van der Waals surface area (Å²) in [5.41, 5.74) is 4.58. The molecule has 186 valence electrons. The average molecular weight is 485 g/mol. The summed E-state index contributed by atoms with van der Waals surface area (Å²) in [6, 6.07) is 13.1. The van der Waals surface area contributed by atoms with Crippen LogP contribution in [0, 0.1) is 5.92 Å². The Labute approximate surface area is 211 Å². The van der Waals surface area contributed by atoms with E-state index >= 15 is 0 Å². The van der Waals surface area contributed by atoms with E-state index in [2.05, 4.69) is 38.6 Å². The summed E-state index contributed by atoms with van der Waals surface area (Å²) in [4.78, 5) is 20.8. The summed E-state index contributed by atoms with van der Waals surface area (Å²) in [7, 11) is 1.96. The van der Waals surface area contributed by atoms with Crippen molar-refractivity contribution in [3.63, 3.8) is 0 Å². The smallest absolute Gasteiger partial charge is 0.274 e.